The molecule has 0 radical (unpaired) electrons. The van der Waals surface area contributed by atoms with Crippen molar-refractivity contribution in [2.45, 2.75) is 17.4 Å². The van der Waals surface area contributed by atoms with E-state index in [1.54, 1.807) is 0 Å². The van der Waals surface area contributed by atoms with Gasteiger partial charge in [0.1, 0.15) is 0 Å². The zero-order valence-corrected chi connectivity index (χ0v) is 14.0. The van der Waals surface area contributed by atoms with E-state index in [-0.39, 0.29) is 17.0 Å². The number of carbonyl (C=O) groups excluding carboxylic acids is 1. The molecule has 0 saturated heterocycles. The van der Waals surface area contributed by atoms with Gasteiger partial charge in [0.2, 0.25) is 10.0 Å². The highest BCUT2D eigenvalue weighted by Gasteiger charge is 2.17. The van der Waals surface area contributed by atoms with Crippen LogP contribution >= 0.6 is 0 Å². The van der Waals surface area contributed by atoms with Crippen molar-refractivity contribution < 1.29 is 23.1 Å². The van der Waals surface area contributed by atoms with Crippen LogP contribution in [0.5, 0.6) is 0 Å². The highest BCUT2D eigenvalue weighted by atomic mass is 32.2. The first kappa shape index (κ1) is 18.1. The number of rotatable bonds is 7. The van der Waals surface area contributed by atoms with Gasteiger partial charge in [0.15, 0.2) is 0 Å². The normalized spacial score (nSPS) is 12.6. The molecule has 0 aliphatic carbocycles. The Morgan fingerprint density at radius 3 is 2.33 bits per heavy atom. The zero-order valence-electron chi connectivity index (χ0n) is 13.2. The number of hydrogen-bond donors (Lipinski definition) is 2. The predicted octanol–water partition coefficient (Wildman–Crippen LogP) is 1.36. The molecule has 0 fully saturated rings. The number of methoxy groups -OCH3 is 1. The lowest BCUT2D eigenvalue weighted by Crippen LogP contribution is -2.33. The number of esters is 1. The van der Waals surface area contributed by atoms with Crippen LogP contribution in [0.25, 0.3) is 0 Å². The van der Waals surface area contributed by atoms with Crippen LogP contribution in [0, 0.1) is 0 Å². The molecule has 2 aromatic rings. The Balaban J connectivity index is 1.96. The Hall–Kier alpha value is -2.22. The zero-order chi connectivity index (χ0) is 17.6. The summed E-state index contributed by atoms with van der Waals surface area (Å²) >= 11 is 0. The fraction of sp³-hybridized carbons (Fsp3) is 0.235. The maximum Gasteiger partial charge on any atom is 0.337 e. The molecule has 24 heavy (non-hydrogen) atoms. The second-order valence-electron chi connectivity index (χ2n) is 5.21. The Labute approximate surface area is 141 Å². The van der Waals surface area contributed by atoms with Crippen LogP contribution in [0.2, 0.25) is 0 Å². The van der Waals surface area contributed by atoms with Gasteiger partial charge in [0.25, 0.3) is 0 Å². The van der Waals surface area contributed by atoms with E-state index in [9.17, 15) is 18.3 Å². The fourth-order valence-electron chi connectivity index (χ4n) is 2.14. The summed E-state index contributed by atoms with van der Waals surface area (Å²) in [4.78, 5) is 11.4. The number of hydrogen-bond acceptors (Lipinski definition) is 5. The van der Waals surface area contributed by atoms with Crippen molar-refractivity contribution in [3.05, 3.63) is 65.7 Å². The molecule has 6 nitrogen and oxygen atoms in total. The third-order valence-corrected chi connectivity index (χ3v) is 4.85. The van der Waals surface area contributed by atoms with Crippen molar-refractivity contribution in [2.24, 2.45) is 0 Å². The third kappa shape index (κ3) is 4.89. The summed E-state index contributed by atoms with van der Waals surface area (Å²) in [6.07, 6.45) is -0.485. The van der Waals surface area contributed by atoms with Crippen LogP contribution in [-0.2, 0) is 21.2 Å². The van der Waals surface area contributed by atoms with Gasteiger partial charge in [0, 0.05) is 6.54 Å². The van der Waals surface area contributed by atoms with E-state index in [0.29, 0.717) is 6.42 Å². The third-order valence-electron chi connectivity index (χ3n) is 3.41. The Morgan fingerprint density at radius 1 is 1.12 bits per heavy atom. The minimum Gasteiger partial charge on any atom is -0.465 e. The number of ether oxygens (including phenoxy) is 1. The number of aliphatic hydroxyl groups is 1. The lowest BCUT2D eigenvalue weighted by molar-refractivity contribution is 0.0600. The first-order valence-corrected chi connectivity index (χ1v) is 8.81. The molecule has 0 heterocycles. The largest absolute Gasteiger partial charge is 0.465 e. The average molecular weight is 349 g/mol. The Morgan fingerprint density at radius 2 is 1.75 bits per heavy atom. The standard InChI is InChI=1S/C17H19NO5S/c1-23-17(20)14-7-9-16(10-8-14)24(21,22)18-12-15(19)11-13-5-3-2-4-6-13/h2-10,15,18-19H,11-12H2,1H3/t15-/m0/s1. The van der Waals surface area contributed by atoms with Crippen LogP contribution in [0.3, 0.4) is 0 Å². The lowest BCUT2D eigenvalue weighted by atomic mass is 10.1. The van der Waals surface area contributed by atoms with Gasteiger partial charge < -0.3 is 9.84 Å². The minimum absolute atomic E-state index is 0.0158. The van der Waals surface area contributed by atoms with Crippen LogP contribution in [0.15, 0.2) is 59.5 Å². The second kappa shape index (κ2) is 8.05. The molecule has 0 saturated carbocycles. The first-order chi connectivity index (χ1) is 11.4. The van der Waals surface area contributed by atoms with Gasteiger partial charge >= 0.3 is 5.97 Å². The van der Waals surface area contributed by atoms with E-state index in [4.69, 9.17) is 0 Å². The summed E-state index contributed by atoms with van der Waals surface area (Å²) in [7, 11) is -2.51. The van der Waals surface area contributed by atoms with Gasteiger partial charge in [0.05, 0.1) is 23.7 Å². The van der Waals surface area contributed by atoms with Crippen molar-refractivity contribution in [1.82, 2.24) is 4.72 Å². The van der Waals surface area contributed by atoms with Gasteiger partial charge in [-0.3, -0.25) is 0 Å². The molecular weight excluding hydrogens is 330 g/mol. The van der Waals surface area contributed by atoms with Gasteiger partial charge in [-0.1, -0.05) is 30.3 Å². The van der Waals surface area contributed by atoms with Crippen molar-refractivity contribution in [1.29, 1.82) is 0 Å². The fourth-order valence-corrected chi connectivity index (χ4v) is 3.21. The quantitative estimate of drug-likeness (QED) is 0.736. The molecular formula is C17H19NO5S. The topological polar surface area (TPSA) is 92.7 Å². The van der Waals surface area contributed by atoms with Crippen LogP contribution in [-0.4, -0.2) is 39.3 Å². The molecule has 0 aromatic heterocycles. The molecule has 0 bridgehead atoms. The molecule has 2 aromatic carbocycles. The van der Waals surface area contributed by atoms with E-state index >= 15 is 0 Å². The highest BCUT2D eigenvalue weighted by Crippen LogP contribution is 2.11. The predicted molar refractivity (Wildman–Crippen MR) is 89.1 cm³/mol. The van der Waals surface area contributed by atoms with E-state index in [2.05, 4.69) is 9.46 Å². The van der Waals surface area contributed by atoms with E-state index < -0.39 is 22.1 Å². The van der Waals surface area contributed by atoms with Crippen LogP contribution < -0.4 is 4.72 Å². The maximum atomic E-state index is 12.2. The molecule has 0 aliphatic rings. The monoisotopic (exact) mass is 349 g/mol. The number of nitrogens with one attached hydrogen (secondary N) is 1. The van der Waals surface area contributed by atoms with Crippen molar-refractivity contribution in [3.63, 3.8) is 0 Å². The number of carbonyl (C=O) groups is 1. The van der Waals surface area contributed by atoms with Gasteiger partial charge in [-0.25, -0.2) is 17.9 Å². The molecule has 0 aliphatic heterocycles. The molecule has 0 unspecified atom stereocenters. The number of benzene rings is 2. The summed E-state index contributed by atoms with van der Waals surface area (Å²) in [5.41, 5.74) is 1.19. The minimum atomic E-state index is -3.76. The molecule has 0 spiro atoms. The van der Waals surface area contributed by atoms with Gasteiger partial charge in [-0.05, 0) is 36.2 Å². The van der Waals surface area contributed by atoms with E-state index in [1.807, 2.05) is 30.3 Å². The summed E-state index contributed by atoms with van der Waals surface area (Å²) < 4.78 is 31.3. The molecule has 128 valence electrons. The molecule has 1 atom stereocenters. The van der Waals surface area contributed by atoms with Crippen molar-refractivity contribution >= 4 is 16.0 Å². The molecule has 2 rings (SSSR count). The lowest BCUT2D eigenvalue weighted by Gasteiger charge is -2.12. The molecule has 2 N–H and O–H groups in total. The second-order valence-corrected chi connectivity index (χ2v) is 6.98. The van der Waals surface area contributed by atoms with Gasteiger partial charge in [-0.2, -0.15) is 0 Å². The number of aliphatic hydroxyl groups excluding tert-OH is 1. The highest BCUT2D eigenvalue weighted by molar-refractivity contribution is 7.89. The summed E-state index contributed by atoms with van der Waals surface area (Å²) in [6, 6.07) is 14.7. The molecule has 7 heteroatoms. The molecule has 0 amide bonds. The Kier molecular flexibility index (Phi) is 6.08. The summed E-state index contributed by atoms with van der Waals surface area (Å²) in [6.45, 7) is -0.101. The SMILES string of the molecule is COC(=O)c1ccc(S(=O)(=O)NC[C@@H](O)Cc2ccccc2)cc1. The van der Waals surface area contributed by atoms with E-state index in [1.165, 1.54) is 31.4 Å². The van der Waals surface area contributed by atoms with Crippen molar-refractivity contribution in [3.8, 4) is 0 Å². The van der Waals surface area contributed by atoms with E-state index in [0.717, 1.165) is 5.56 Å². The summed E-state index contributed by atoms with van der Waals surface area (Å²) in [5.74, 6) is -0.537. The maximum absolute atomic E-state index is 12.2. The Bertz CT molecular complexity index is 772. The van der Waals surface area contributed by atoms with Crippen molar-refractivity contribution in [2.75, 3.05) is 13.7 Å². The number of sulfonamides is 1. The van der Waals surface area contributed by atoms with Crippen LogP contribution in [0.1, 0.15) is 15.9 Å². The van der Waals surface area contributed by atoms with Crippen LogP contribution in [0.4, 0.5) is 0 Å². The summed E-state index contributed by atoms with van der Waals surface area (Å²) in [5, 5.41) is 9.97. The average Bonchev–Trinajstić information content (AvgIpc) is 2.60. The first-order valence-electron chi connectivity index (χ1n) is 7.32. The smallest absolute Gasteiger partial charge is 0.337 e. The van der Waals surface area contributed by atoms with Gasteiger partial charge in [-0.15, -0.1) is 0 Å².